The van der Waals surface area contributed by atoms with Crippen LogP contribution in [-0.2, 0) is 25.5 Å². The number of hydrogen-bond donors (Lipinski definition) is 2. The number of hydrogen-bond acceptors (Lipinski definition) is 4. The molecule has 6 heteroatoms. The number of carbonyl (C=O) groups is 3. The highest BCUT2D eigenvalue weighted by Gasteiger charge is 2.24. The molecule has 4 aromatic rings. The van der Waals surface area contributed by atoms with Crippen molar-refractivity contribution in [2.45, 2.75) is 38.3 Å². The van der Waals surface area contributed by atoms with Gasteiger partial charge in [0, 0.05) is 19.3 Å². The molecular formula is C30H30N2O4. The summed E-state index contributed by atoms with van der Waals surface area (Å²) in [5.41, 5.74) is 1.96. The molecule has 4 aromatic carbocycles. The zero-order chi connectivity index (χ0) is 25.5. The lowest BCUT2D eigenvalue weighted by Gasteiger charge is -2.19. The number of methoxy groups -OCH3 is 1. The lowest BCUT2D eigenvalue weighted by atomic mass is 9.92. The highest BCUT2D eigenvalue weighted by atomic mass is 16.5. The van der Waals surface area contributed by atoms with Crippen LogP contribution < -0.4 is 10.6 Å². The Balaban J connectivity index is 1.46. The maximum absolute atomic E-state index is 12.8. The number of benzene rings is 4. The van der Waals surface area contributed by atoms with E-state index in [1.165, 1.54) is 7.11 Å². The monoisotopic (exact) mass is 482 g/mol. The molecule has 0 aliphatic heterocycles. The van der Waals surface area contributed by atoms with E-state index in [1.54, 1.807) is 0 Å². The third-order valence-electron chi connectivity index (χ3n) is 6.37. The summed E-state index contributed by atoms with van der Waals surface area (Å²) >= 11 is 0. The maximum Gasteiger partial charge on any atom is 0.328 e. The van der Waals surface area contributed by atoms with Gasteiger partial charge < -0.3 is 15.4 Å². The standard InChI is InChI=1S/C30H30N2O4/c1-20(21-10-4-3-5-11-21)31-28(33)16-17-29(34)32-27(30(35)36-2)19-26-24-14-8-6-12-22(24)18-23-13-7-9-15-25(23)26/h3-15,18,20,27H,16-17,19H2,1-2H3,(H,31,33)(H,32,34)/t20-,27+/m1/s1. The molecule has 0 aliphatic rings. The van der Waals surface area contributed by atoms with Crippen molar-refractivity contribution in [2.24, 2.45) is 0 Å². The van der Waals surface area contributed by atoms with Crippen molar-refractivity contribution in [2.75, 3.05) is 7.11 Å². The maximum atomic E-state index is 12.8. The Bertz CT molecular complexity index is 1330. The van der Waals surface area contributed by atoms with Crippen LogP contribution in [0.3, 0.4) is 0 Å². The molecule has 184 valence electrons. The second kappa shape index (κ2) is 11.5. The molecule has 36 heavy (non-hydrogen) atoms. The van der Waals surface area contributed by atoms with E-state index in [0.29, 0.717) is 0 Å². The van der Waals surface area contributed by atoms with Gasteiger partial charge in [-0.2, -0.15) is 0 Å². The molecule has 0 saturated heterocycles. The van der Waals surface area contributed by atoms with Gasteiger partial charge >= 0.3 is 5.97 Å². The normalized spacial score (nSPS) is 12.6. The molecule has 0 spiro atoms. The van der Waals surface area contributed by atoms with Crippen LogP contribution in [0.25, 0.3) is 21.5 Å². The first-order valence-electron chi connectivity index (χ1n) is 12.1. The summed E-state index contributed by atoms with van der Waals surface area (Å²) < 4.78 is 5.00. The Kier molecular flexibility index (Phi) is 7.95. The quantitative estimate of drug-likeness (QED) is 0.264. The summed E-state index contributed by atoms with van der Waals surface area (Å²) in [7, 11) is 1.31. The van der Waals surface area contributed by atoms with Gasteiger partial charge in [-0.25, -0.2) is 4.79 Å². The van der Waals surface area contributed by atoms with E-state index in [9.17, 15) is 14.4 Å². The van der Waals surface area contributed by atoms with Crippen LogP contribution in [-0.4, -0.2) is 30.9 Å². The fourth-order valence-corrected chi connectivity index (χ4v) is 4.50. The minimum absolute atomic E-state index is 0.0219. The average Bonchev–Trinajstić information content (AvgIpc) is 2.91. The molecule has 0 unspecified atom stereocenters. The Hall–Kier alpha value is -4.19. The lowest BCUT2D eigenvalue weighted by molar-refractivity contribution is -0.145. The van der Waals surface area contributed by atoms with Crippen molar-refractivity contribution < 1.29 is 19.1 Å². The highest BCUT2D eigenvalue weighted by Crippen LogP contribution is 2.29. The largest absolute Gasteiger partial charge is 0.467 e. The van der Waals surface area contributed by atoms with Crippen molar-refractivity contribution in [1.82, 2.24) is 10.6 Å². The third-order valence-corrected chi connectivity index (χ3v) is 6.37. The summed E-state index contributed by atoms with van der Waals surface area (Å²) in [6, 6.07) is 26.7. The van der Waals surface area contributed by atoms with E-state index in [2.05, 4.69) is 16.7 Å². The Morgan fingerprint density at radius 2 is 1.28 bits per heavy atom. The van der Waals surface area contributed by atoms with Crippen LogP contribution in [0.4, 0.5) is 0 Å². The molecule has 0 radical (unpaired) electrons. The van der Waals surface area contributed by atoms with E-state index in [1.807, 2.05) is 85.8 Å². The van der Waals surface area contributed by atoms with Gasteiger partial charge in [0.05, 0.1) is 13.2 Å². The molecule has 4 rings (SSSR count). The van der Waals surface area contributed by atoms with Gasteiger partial charge in [-0.05, 0) is 45.7 Å². The Morgan fingerprint density at radius 1 is 0.750 bits per heavy atom. The SMILES string of the molecule is COC(=O)[C@H](Cc1c2ccccc2cc2ccccc12)NC(=O)CCC(=O)N[C@H](C)c1ccccc1. The number of ether oxygens (including phenoxy) is 1. The molecule has 0 aromatic heterocycles. The summed E-state index contributed by atoms with van der Waals surface area (Å²) in [6.45, 7) is 1.90. The zero-order valence-electron chi connectivity index (χ0n) is 20.5. The number of nitrogens with one attached hydrogen (secondary N) is 2. The zero-order valence-corrected chi connectivity index (χ0v) is 20.5. The fraction of sp³-hybridized carbons (Fsp3) is 0.233. The molecule has 0 fully saturated rings. The van der Waals surface area contributed by atoms with Crippen LogP contribution in [0.15, 0.2) is 84.9 Å². The molecule has 0 bridgehead atoms. The van der Waals surface area contributed by atoms with E-state index in [-0.39, 0.29) is 37.1 Å². The number of rotatable bonds is 9. The number of esters is 1. The van der Waals surface area contributed by atoms with Gasteiger partial charge in [0.1, 0.15) is 6.04 Å². The minimum Gasteiger partial charge on any atom is -0.467 e. The average molecular weight is 483 g/mol. The highest BCUT2D eigenvalue weighted by molar-refractivity contribution is 6.02. The van der Waals surface area contributed by atoms with Crippen molar-refractivity contribution >= 4 is 39.3 Å². The number of amides is 2. The number of fused-ring (bicyclic) bond motifs is 2. The van der Waals surface area contributed by atoms with Gasteiger partial charge in [0.25, 0.3) is 0 Å². The molecule has 6 nitrogen and oxygen atoms in total. The number of carbonyl (C=O) groups excluding carboxylic acids is 3. The molecular weight excluding hydrogens is 452 g/mol. The van der Waals surface area contributed by atoms with Crippen molar-refractivity contribution in [1.29, 1.82) is 0 Å². The van der Waals surface area contributed by atoms with Crippen LogP contribution in [0, 0.1) is 0 Å². The summed E-state index contributed by atoms with van der Waals surface area (Å²) in [5, 5.41) is 9.87. The van der Waals surface area contributed by atoms with Crippen LogP contribution in [0.2, 0.25) is 0 Å². The van der Waals surface area contributed by atoms with Crippen molar-refractivity contribution in [3.8, 4) is 0 Å². The van der Waals surface area contributed by atoms with Gasteiger partial charge in [0.15, 0.2) is 0 Å². The topological polar surface area (TPSA) is 84.5 Å². The summed E-state index contributed by atoms with van der Waals surface area (Å²) in [4.78, 5) is 37.8. The Labute approximate surface area is 210 Å². The molecule has 0 saturated carbocycles. The van der Waals surface area contributed by atoms with Crippen LogP contribution in [0.1, 0.15) is 36.9 Å². The summed E-state index contributed by atoms with van der Waals surface area (Å²) in [5.74, 6) is -1.13. The molecule has 2 atom stereocenters. The predicted octanol–water partition coefficient (Wildman–Crippen LogP) is 4.85. The fourth-order valence-electron chi connectivity index (χ4n) is 4.50. The smallest absolute Gasteiger partial charge is 0.328 e. The minimum atomic E-state index is -0.872. The molecule has 2 N–H and O–H groups in total. The van der Waals surface area contributed by atoms with E-state index < -0.39 is 12.0 Å². The van der Waals surface area contributed by atoms with Gasteiger partial charge in [-0.1, -0.05) is 78.9 Å². The second-order valence-corrected chi connectivity index (χ2v) is 8.84. The second-order valence-electron chi connectivity index (χ2n) is 8.84. The van der Waals surface area contributed by atoms with Crippen LogP contribution in [0.5, 0.6) is 0 Å². The van der Waals surface area contributed by atoms with E-state index >= 15 is 0 Å². The van der Waals surface area contributed by atoms with Crippen molar-refractivity contribution in [3.05, 3.63) is 96.1 Å². The van der Waals surface area contributed by atoms with E-state index in [4.69, 9.17) is 4.74 Å². The van der Waals surface area contributed by atoms with Crippen LogP contribution >= 0.6 is 0 Å². The first-order valence-corrected chi connectivity index (χ1v) is 12.1. The van der Waals surface area contributed by atoms with Gasteiger partial charge in [-0.15, -0.1) is 0 Å². The summed E-state index contributed by atoms with van der Waals surface area (Å²) in [6.07, 6.45) is 0.267. The molecule has 0 aliphatic carbocycles. The molecule has 2 amide bonds. The van der Waals surface area contributed by atoms with Crippen molar-refractivity contribution in [3.63, 3.8) is 0 Å². The van der Waals surface area contributed by atoms with E-state index in [0.717, 1.165) is 32.7 Å². The Morgan fingerprint density at radius 3 is 1.86 bits per heavy atom. The van der Waals surface area contributed by atoms with Gasteiger partial charge in [0.2, 0.25) is 11.8 Å². The van der Waals surface area contributed by atoms with Gasteiger partial charge in [-0.3, -0.25) is 9.59 Å². The lowest BCUT2D eigenvalue weighted by Crippen LogP contribution is -2.43. The first kappa shape index (κ1) is 24.9. The predicted molar refractivity (Wildman–Crippen MR) is 141 cm³/mol. The third kappa shape index (κ3) is 5.89. The molecule has 0 heterocycles. The first-order chi connectivity index (χ1) is 17.5.